The zero-order valence-corrected chi connectivity index (χ0v) is 25.5. The lowest BCUT2D eigenvalue weighted by molar-refractivity contribution is -0.151. The molecule has 0 atom stereocenters. The maximum Gasteiger partial charge on any atom is 0.310 e. The maximum absolute atomic E-state index is 12.6. The summed E-state index contributed by atoms with van der Waals surface area (Å²) in [5, 5.41) is 12.5. The molecule has 0 unspecified atom stereocenters. The molecule has 7 heteroatoms. The predicted molar refractivity (Wildman–Crippen MR) is 169 cm³/mol. The molecule has 2 aromatic carbocycles. The Morgan fingerprint density at radius 3 is 2.40 bits per heavy atom. The van der Waals surface area contributed by atoms with Crippen LogP contribution in [0, 0.1) is 12.3 Å². The molecule has 0 saturated carbocycles. The van der Waals surface area contributed by atoms with Crippen molar-refractivity contribution in [2.24, 2.45) is 5.41 Å². The van der Waals surface area contributed by atoms with E-state index in [9.17, 15) is 14.7 Å². The van der Waals surface area contributed by atoms with Crippen LogP contribution in [0.3, 0.4) is 0 Å². The first kappa shape index (κ1) is 32.4. The van der Waals surface area contributed by atoms with Gasteiger partial charge in [0.25, 0.3) is 0 Å². The molecule has 1 amide bonds. The summed E-state index contributed by atoms with van der Waals surface area (Å²) in [4.78, 5) is 29.1. The van der Waals surface area contributed by atoms with Crippen LogP contribution in [-0.2, 0) is 16.0 Å². The van der Waals surface area contributed by atoms with Gasteiger partial charge in [-0.2, -0.15) is 0 Å². The highest BCUT2D eigenvalue weighted by atomic mass is 16.5. The molecule has 0 saturated heterocycles. The van der Waals surface area contributed by atoms with Gasteiger partial charge in [-0.1, -0.05) is 50.3 Å². The van der Waals surface area contributed by atoms with E-state index in [0.717, 1.165) is 41.8 Å². The first-order valence-electron chi connectivity index (χ1n) is 14.8. The van der Waals surface area contributed by atoms with Gasteiger partial charge in [0.2, 0.25) is 11.8 Å². The molecule has 0 aliphatic heterocycles. The van der Waals surface area contributed by atoms with Gasteiger partial charge in [-0.15, -0.1) is 0 Å². The Labute approximate surface area is 250 Å². The number of aliphatic carboxylic acids is 1. The summed E-state index contributed by atoms with van der Waals surface area (Å²) in [6.07, 6.45) is 7.69. The topological polar surface area (TPSA) is 97.8 Å². The van der Waals surface area contributed by atoms with Crippen molar-refractivity contribution in [2.75, 3.05) is 11.9 Å². The van der Waals surface area contributed by atoms with Crippen molar-refractivity contribution < 1.29 is 24.2 Å². The van der Waals surface area contributed by atoms with Crippen LogP contribution in [0.15, 0.2) is 60.7 Å². The van der Waals surface area contributed by atoms with Crippen molar-refractivity contribution >= 4 is 29.7 Å². The molecular formula is C35H44N2O5. The number of nitrogens with one attached hydrogen (secondary N) is 1. The van der Waals surface area contributed by atoms with Gasteiger partial charge in [0.05, 0.1) is 23.8 Å². The third-order valence-electron chi connectivity index (χ3n) is 7.43. The van der Waals surface area contributed by atoms with Crippen LogP contribution in [0.25, 0.3) is 12.2 Å². The number of carbonyl (C=O) groups excluding carboxylic acids is 1. The number of hydrogen-bond acceptors (Lipinski definition) is 5. The van der Waals surface area contributed by atoms with E-state index in [-0.39, 0.29) is 18.4 Å². The van der Waals surface area contributed by atoms with Crippen molar-refractivity contribution in [1.29, 1.82) is 0 Å². The molecule has 0 aliphatic carbocycles. The van der Waals surface area contributed by atoms with Crippen LogP contribution in [0.1, 0.15) is 82.2 Å². The van der Waals surface area contributed by atoms with Crippen molar-refractivity contribution in [3.05, 3.63) is 83.0 Å². The number of pyridine rings is 1. The standard InChI is InChI=1S/C35H44N2O5/c1-6-35(7-2,34(39)40)24-32(38)36-29-13-10-12-28(23-29)17-20-31-26(5)14-21-33(37-31)41-22-9-8-11-27-15-18-30(19-16-27)42-25(3)4/h10,12-21,23,25H,6-9,11,22,24H2,1-5H3,(H,36,38)(H,39,40)/b20-17+. The molecular weight excluding hydrogens is 528 g/mol. The summed E-state index contributed by atoms with van der Waals surface area (Å²) in [5.74, 6) is 0.242. The van der Waals surface area contributed by atoms with Gasteiger partial charge < -0.3 is 19.9 Å². The highest BCUT2D eigenvalue weighted by molar-refractivity contribution is 5.94. The summed E-state index contributed by atoms with van der Waals surface area (Å²) in [6, 6.07) is 19.6. The van der Waals surface area contributed by atoms with E-state index >= 15 is 0 Å². The Kier molecular flexibility index (Phi) is 12.1. The summed E-state index contributed by atoms with van der Waals surface area (Å²) in [5.41, 5.74) is 3.58. The van der Waals surface area contributed by atoms with E-state index in [1.54, 1.807) is 19.9 Å². The number of amides is 1. The van der Waals surface area contributed by atoms with Gasteiger partial charge >= 0.3 is 5.97 Å². The van der Waals surface area contributed by atoms with Crippen molar-refractivity contribution in [3.8, 4) is 11.6 Å². The van der Waals surface area contributed by atoms with Crippen LogP contribution >= 0.6 is 0 Å². The number of aryl methyl sites for hydroxylation is 2. The lowest BCUT2D eigenvalue weighted by Gasteiger charge is -2.25. The molecule has 0 bridgehead atoms. The lowest BCUT2D eigenvalue weighted by atomic mass is 9.79. The molecule has 3 aromatic rings. The largest absolute Gasteiger partial charge is 0.491 e. The molecule has 0 radical (unpaired) electrons. The fourth-order valence-electron chi connectivity index (χ4n) is 4.68. The number of benzene rings is 2. The lowest BCUT2D eigenvalue weighted by Crippen LogP contribution is -2.34. The molecule has 2 N–H and O–H groups in total. The van der Waals surface area contributed by atoms with Gasteiger partial charge in [0, 0.05) is 18.2 Å². The first-order chi connectivity index (χ1) is 20.1. The quantitative estimate of drug-likeness (QED) is 0.169. The Morgan fingerprint density at radius 1 is 1.00 bits per heavy atom. The van der Waals surface area contributed by atoms with Crippen molar-refractivity contribution in [1.82, 2.24) is 4.98 Å². The van der Waals surface area contributed by atoms with Crippen LogP contribution in [0.4, 0.5) is 5.69 Å². The fourth-order valence-corrected chi connectivity index (χ4v) is 4.68. The van der Waals surface area contributed by atoms with Crippen molar-refractivity contribution in [2.45, 2.75) is 79.2 Å². The SMILES string of the molecule is CCC(CC)(CC(=O)Nc1cccc(/C=C/c2nc(OCCCCc3ccc(OC(C)C)cc3)ccc2C)c1)C(=O)O. The number of unbranched alkanes of at least 4 members (excludes halogenated alkanes) is 1. The molecule has 42 heavy (non-hydrogen) atoms. The van der Waals surface area contributed by atoms with Gasteiger partial charge in [0.1, 0.15) is 5.75 Å². The fraction of sp³-hybridized carbons (Fsp3) is 0.400. The van der Waals surface area contributed by atoms with E-state index in [1.165, 1.54) is 5.56 Å². The summed E-state index contributed by atoms with van der Waals surface area (Å²) in [7, 11) is 0. The number of nitrogens with zero attached hydrogens (tertiary/aromatic N) is 1. The molecule has 1 aromatic heterocycles. The molecule has 0 spiro atoms. The highest BCUT2D eigenvalue weighted by Crippen LogP contribution is 2.31. The van der Waals surface area contributed by atoms with E-state index in [0.29, 0.717) is 31.0 Å². The van der Waals surface area contributed by atoms with Gasteiger partial charge in [-0.25, -0.2) is 4.98 Å². The van der Waals surface area contributed by atoms with E-state index in [4.69, 9.17) is 9.47 Å². The minimum absolute atomic E-state index is 0.0632. The molecule has 3 rings (SSSR count). The zero-order valence-electron chi connectivity index (χ0n) is 25.5. The minimum Gasteiger partial charge on any atom is -0.491 e. The molecule has 224 valence electrons. The number of hydrogen-bond donors (Lipinski definition) is 2. The Bertz CT molecular complexity index is 1340. The van der Waals surface area contributed by atoms with Crippen LogP contribution in [0.2, 0.25) is 0 Å². The average Bonchev–Trinajstić information content (AvgIpc) is 2.96. The van der Waals surface area contributed by atoms with Crippen molar-refractivity contribution in [3.63, 3.8) is 0 Å². The summed E-state index contributed by atoms with van der Waals surface area (Å²) >= 11 is 0. The number of anilines is 1. The average molecular weight is 573 g/mol. The van der Waals surface area contributed by atoms with Gasteiger partial charge in [-0.3, -0.25) is 9.59 Å². The number of carbonyl (C=O) groups is 2. The molecule has 0 aliphatic rings. The smallest absolute Gasteiger partial charge is 0.310 e. The van der Waals surface area contributed by atoms with Crippen LogP contribution < -0.4 is 14.8 Å². The summed E-state index contributed by atoms with van der Waals surface area (Å²) < 4.78 is 11.6. The summed E-state index contributed by atoms with van der Waals surface area (Å²) in [6.45, 7) is 10.2. The third kappa shape index (κ3) is 9.75. The Hall–Kier alpha value is -4.13. The van der Waals surface area contributed by atoms with E-state index in [1.807, 2.05) is 75.4 Å². The van der Waals surface area contributed by atoms with Crippen LogP contribution in [-0.4, -0.2) is 34.7 Å². The second-order valence-electron chi connectivity index (χ2n) is 10.9. The molecule has 7 nitrogen and oxygen atoms in total. The zero-order chi connectivity index (χ0) is 30.5. The van der Waals surface area contributed by atoms with E-state index in [2.05, 4.69) is 22.4 Å². The second-order valence-corrected chi connectivity index (χ2v) is 10.9. The maximum atomic E-state index is 12.6. The first-order valence-corrected chi connectivity index (χ1v) is 14.8. The number of carboxylic acids is 1. The van der Waals surface area contributed by atoms with E-state index < -0.39 is 11.4 Å². The normalized spacial score (nSPS) is 11.6. The van der Waals surface area contributed by atoms with Gasteiger partial charge in [0.15, 0.2) is 0 Å². The third-order valence-corrected chi connectivity index (χ3v) is 7.43. The highest BCUT2D eigenvalue weighted by Gasteiger charge is 2.37. The number of rotatable bonds is 16. The second kappa shape index (κ2) is 15.8. The van der Waals surface area contributed by atoms with Crippen LogP contribution in [0.5, 0.6) is 11.6 Å². The minimum atomic E-state index is -1.05. The Morgan fingerprint density at radius 2 is 1.74 bits per heavy atom. The monoisotopic (exact) mass is 572 g/mol. The number of carboxylic acid groups (broad SMARTS) is 1. The molecule has 1 heterocycles. The molecule has 0 fully saturated rings. The number of ether oxygens (including phenoxy) is 2. The predicted octanol–water partition coefficient (Wildman–Crippen LogP) is 7.97. The Balaban J connectivity index is 1.52. The number of aromatic nitrogens is 1. The van der Waals surface area contributed by atoms with Gasteiger partial charge in [-0.05, 0) is 99.9 Å².